The number of nitrogens with two attached hydrogens (primary N) is 3. The number of amides is 1. The molecule has 0 fully saturated rings. The van der Waals surface area contributed by atoms with Crippen molar-refractivity contribution >= 4 is 11.7 Å². The molecular weight excluding hydrogens is 258 g/mol. The van der Waals surface area contributed by atoms with Crippen LogP contribution in [0.25, 0.3) is 0 Å². The Morgan fingerprint density at radius 3 is 2.25 bits per heavy atom. The van der Waals surface area contributed by atoms with Gasteiger partial charge in [-0.05, 0) is 12.8 Å². The standard InChI is InChI=1S/C13H29N5O2/c1-9(19)7-18(5-4-14)8-13(17-11(3)20)10(2)12(16)6-15/h10,12-13H,4-8,14-16H2,1-3H3,(H,17,20). The second-order valence-electron chi connectivity index (χ2n) is 5.29. The summed E-state index contributed by atoms with van der Waals surface area (Å²) >= 11 is 0. The van der Waals surface area contributed by atoms with Crippen LogP contribution in [0, 0.1) is 5.92 Å². The fourth-order valence-electron chi connectivity index (χ4n) is 2.13. The molecule has 7 N–H and O–H groups in total. The summed E-state index contributed by atoms with van der Waals surface area (Å²) in [5.74, 6) is -0.0477. The van der Waals surface area contributed by atoms with Crippen LogP contribution in [0.5, 0.6) is 0 Å². The summed E-state index contributed by atoms with van der Waals surface area (Å²) in [5, 5.41) is 2.89. The van der Waals surface area contributed by atoms with Gasteiger partial charge in [0.2, 0.25) is 5.91 Å². The van der Waals surface area contributed by atoms with Gasteiger partial charge < -0.3 is 22.5 Å². The second-order valence-corrected chi connectivity index (χ2v) is 5.29. The summed E-state index contributed by atoms with van der Waals surface area (Å²) in [4.78, 5) is 24.5. The van der Waals surface area contributed by atoms with Crippen LogP contribution >= 0.6 is 0 Å². The molecule has 0 aromatic carbocycles. The lowest BCUT2D eigenvalue weighted by Gasteiger charge is -2.33. The molecule has 0 saturated carbocycles. The highest BCUT2D eigenvalue weighted by Gasteiger charge is 2.25. The summed E-state index contributed by atoms with van der Waals surface area (Å²) in [6, 6.07) is -0.360. The van der Waals surface area contributed by atoms with Gasteiger partial charge in [-0.25, -0.2) is 0 Å². The van der Waals surface area contributed by atoms with Crippen molar-refractivity contribution in [1.82, 2.24) is 10.2 Å². The van der Waals surface area contributed by atoms with Crippen molar-refractivity contribution in [3.8, 4) is 0 Å². The molecule has 0 aromatic heterocycles. The smallest absolute Gasteiger partial charge is 0.217 e. The van der Waals surface area contributed by atoms with Gasteiger partial charge in [-0.2, -0.15) is 0 Å². The zero-order valence-electron chi connectivity index (χ0n) is 12.8. The van der Waals surface area contributed by atoms with Crippen LogP contribution in [0.2, 0.25) is 0 Å². The highest BCUT2D eigenvalue weighted by molar-refractivity contribution is 5.77. The molecule has 0 aromatic rings. The van der Waals surface area contributed by atoms with E-state index in [0.717, 1.165) is 0 Å². The van der Waals surface area contributed by atoms with Gasteiger partial charge >= 0.3 is 0 Å². The van der Waals surface area contributed by atoms with E-state index in [1.165, 1.54) is 13.8 Å². The van der Waals surface area contributed by atoms with Gasteiger partial charge in [-0.3, -0.25) is 14.5 Å². The number of hydrogen-bond acceptors (Lipinski definition) is 6. The van der Waals surface area contributed by atoms with Crippen LogP contribution in [-0.2, 0) is 9.59 Å². The number of rotatable bonds is 10. The summed E-state index contributed by atoms with van der Waals surface area (Å²) in [7, 11) is 0. The van der Waals surface area contributed by atoms with E-state index in [1.54, 1.807) is 0 Å². The molecule has 0 radical (unpaired) electrons. The minimum Gasteiger partial charge on any atom is -0.352 e. The first-order valence-electron chi connectivity index (χ1n) is 6.96. The van der Waals surface area contributed by atoms with Crippen LogP contribution in [0.15, 0.2) is 0 Å². The predicted octanol–water partition coefficient (Wildman–Crippen LogP) is -1.74. The summed E-state index contributed by atoms with van der Waals surface area (Å²) in [5.41, 5.74) is 17.1. The van der Waals surface area contributed by atoms with E-state index in [4.69, 9.17) is 17.2 Å². The molecule has 0 heterocycles. The van der Waals surface area contributed by atoms with E-state index in [1.807, 2.05) is 11.8 Å². The molecule has 0 spiro atoms. The second kappa shape index (κ2) is 9.82. The molecule has 3 atom stereocenters. The Labute approximate surface area is 121 Å². The highest BCUT2D eigenvalue weighted by Crippen LogP contribution is 2.09. The summed E-state index contributed by atoms with van der Waals surface area (Å²) in [6.07, 6.45) is 0. The first-order chi connectivity index (χ1) is 9.31. The van der Waals surface area contributed by atoms with Gasteiger partial charge in [-0.15, -0.1) is 0 Å². The number of nitrogens with one attached hydrogen (secondary N) is 1. The van der Waals surface area contributed by atoms with Crippen molar-refractivity contribution in [2.45, 2.75) is 32.9 Å². The molecule has 7 heteroatoms. The van der Waals surface area contributed by atoms with Crippen LogP contribution in [0.1, 0.15) is 20.8 Å². The molecule has 7 nitrogen and oxygen atoms in total. The van der Waals surface area contributed by atoms with E-state index < -0.39 is 0 Å². The van der Waals surface area contributed by atoms with Crippen molar-refractivity contribution in [1.29, 1.82) is 0 Å². The third-order valence-corrected chi connectivity index (χ3v) is 3.32. The van der Waals surface area contributed by atoms with Gasteiger partial charge in [0.1, 0.15) is 5.78 Å². The minimum atomic E-state index is -0.205. The molecule has 0 bridgehead atoms. The van der Waals surface area contributed by atoms with Crippen molar-refractivity contribution < 1.29 is 9.59 Å². The molecule has 1 amide bonds. The molecular formula is C13H29N5O2. The first kappa shape index (κ1) is 19.0. The molecule has 0 rings (SSSR count). The molecule has 0 aliphatic rings. The minimum absolute atomic E-state index is 0.0103. The number of ketones is 1. The molecule has 20 heavy (non-hydrogen) atoms. The topological polar surface area (TPSA) is 127 Å². The lowest BCUT2D eigenvalue weighted by atomic mass is 9.93. The van der Waals surface area contributed by atoms with Crippen molar-refractivity contribution in [2.24, 2.45) is 23.1 Å². The van der Waals surface area contributed by atoms with Crippen LogP contribution in [0.3, 0.4) is 0 Å². The Balaban J connectivity index is 4.81. The van der Waals surface area contributed by atoms with Crippen LogP contribution < -0.4 is 22.5 Å². The van der Waals surface area contributed by atoms with Gasteiger partial charge in [0, 0.05) is 45.2 Å². The van der Waals surface area contributed by atoms with E-state index in [2.05, 4.69) is 5.32 Å². The third kappa shape index (κ3) is 7.54. The third-order valence-electron chi connectivity index (χ3n) is 3.32. The lowest BCUT2D eigenvalue weighted by molar-refractivity contribution is -0.120. The Morgan fingerprint density at radius 2 is 1.85 bits per heavy atom. The van der Waals surface area contributed by atoms with Gasteiger partial charge in [0.25, 0.3) is 0 Å². The van der Waals surface area contributed by atoms with Crippen molar-refractivity contribution in [3.05, 3.63) is 0 Å². The molecule has 3 unspecified atom stereocenters. The zero-order valence-corrected chi connectivity index (χ0v) is 12.8. The van der Waals surface area contributed by atoms with Gasteiger partial charge in [0.15, 0.2) is 0 Å². The number of Topliss-reactive ketones (excluding diaryl/α,β-unsaturated/α-hetero) is 1. The Morgan fingerprint density at radius 1 is 1.25 bits per heavy atom. The highest BCUT2D eigenvalue weighted by atomic mass is 16.1. The predicted molar refractivity (Wildman–Crippen MR) is 80.0 cm³/mol. The first-order valence-corrected chi connectivity index (χ1v) is 6.96. The number of hydrogen-bond donors (Lipinski definition) is 4. The largest absolute Gasteiger partial charge is 0.352 e. The van der Waals surface area contributed by atoms with E-state index >= 15 is 0 Å². The summed E-state index contributed by atoms with van der Waals surface area (Å²) < 4.78 is 0. The Kier molecular flexibility index (Phi) is 9.32. The van der Waals surface area contributed by atoms with Gasteiger partial charge in [-0.1, -0.05) is 6.92 Å². The lowest BCUT2D eigenvalue weighted by Crippen LogP contribution is -2.54. The number of carbonyl (C=O) groups is 2. The molecule has 0 aliphatic carbocycles. The molecule has 118 valence electrons. The average Bonchev–Trinajstić information content (AvgIpc) is 2.35. The Hall–Kier alpha value is -1.02. The fourth-order valence-corrected chi connectivity index (χ4v) is 2.13. The maximum atomic E-state index is 11.3. The fraction of sp³-hybridized carbons (Fsp3) is 0.846. The van der Waals surface area contributed by atoms with Crippen molar-refractivity contribution in [3.63, 3.8) is 0 Å². The normalized spacial score (nSPS) is 15.8. The molecule has 0 aliphatic heterocycles. The van der Waals surface area contributed by atoms with E-state index in [0.29, 0.717) is 32.7 Å². The molecule has 0 saturated heterocycles. The summed E-state index contributed by atoms with van der Waals surface area (Å²) in [6.45, 7) is 7.20. The number of nitrogens with zero attached hydrogens (tertiary/aromatic N) is 1. The van der Waals surface area contributed by atoms with Crippen LogP contribution in [0.4, 0.5) is 0 Å². The zero-order chi connectivity index (χ0) is 15.7. The monoisotopic (exact) mass is 287 g/mol. The van der Waals surface area contributed by atoms with E-state index in [-0.39, 0.29) is 29.7 Å². The van der Waals surface area contributed by atoms with Crippen LogP contribution in [-0.4, -0.2) is 61.4 Å². The average molecular weight is 287 g/mol. The maximum Gasteiger partial charge on any atom is 0.217 e. The SMILES string of the molecule is CC(=O)CN(CCN)CC(NC(C)=O)C(C)C(N)CN. The van der Waals surface area contributed by atoms with Gasteiger partial charge in [0.05, 0.1) is 6.54 Å². The van der Waals surface area contributed by atoms with Crippen molar-refractivity contribution in [2.75, 3.05) is 32.7 Å². The quantitative estimate of drug-likeness (QED) is 0.378. The number of carbonyl (C=O) groups excluding carboxylic acids is 2. The Bertz CT molecular complexity index is 311. The van der Waals surface area contributed by atoms with E-state index in [9.17, 15) is 9.59 Å². The maximum absolute atomic E-state index is 11.3.